The molecule has 1 atom stereocenters. The molecule has 0 spiro atoms. The summed E-state index contributed by atoms with van der Waals surface area (Å²) in [6.45, 7) is 0.00147. The predicted octanol–water partition coefficient (Wildman–Crippen LogP) is 0.438. The maximum absolute atomic E-state index is 8.76. The summed E-state index contributed by atoms with van der Waals surface area (Å²) in [5.41, 5.74) is 6.75. The average molecular weight is 234 g/mol. The van der Waals surface area contributed by atoms with E-state index in [0.717, 1.165) is 5.56 Å². The van der Waals surface area contributed by atoms with Crippen molar-refractivity contribution in [2.24, 2.45) is 5.73 Å². The second-order valence-corrected chi connectivity index (χ2v) is 3.71. The van der Waals surface area contributed by atoms with Gasteiger partial charge in [-0.3, -0.25) is 4.98 Å². The van der Waals surface area contributed by atoms with Crippen molar-refractivity contribution in [3.63, 3.8) is 0 Å². The van der Waals surface area contributed by atoms with Gasteiger partial charge in [0.2, 0.25) is 5.89 Å². The smallest absolute Gasteiger partial charge is 0.243 e. The molecule has 2 rings (SSSR count). The molecular weight excluding hydrogens is 220 g/mol. The monoisotopic (exact) mass is 234 g/mol. The first-order valence-electron chi connectivity index (χ1n) is 5.37. The molecule has 0 amide bonds. The van der Waals surface area contributed by atoms with Gasteiger partial charge in [0.25, 0.3) is 0 Å². The minimum atomic E-state index is -0.407. The van der Waals surface area contributed by atoms with Gasteiger partial charge in [-0.05, 0) is 18.1 Å². The van der Waals surface area contributed by atoms with E-state index in [9.17, 15) is 0 Å². The van der Waals surface area contributed by atoms with Crippen molar-refractivity contribution in [3.05, 3.63) is 41.8 Å². The molecule has 2 heterocycles. The first-order valence-corrected chi connectivity index (χ1v) is 5.37. The van der Waals surface area contributed by atoms with E-state index in [1.165, 1.54) is 0 Å². The highest BCUT2D eigenvalue weighted by Gasteiger charge is 2.14. The third-order valence-electron chi connectivity index (χ3n) is 2.33. The van der Waals surface area contributed by atoms with E-state index in [1.54, 1.807) is 12.4 Å². The maximum atomic E-state index is 8.76. The second-order valence-electron chi connectivity index (χ2n) is 3.71. The van der Waals surface area contributed by atoms with Crippen LogP contribution < -0.4 is 5.73 Å². The Kier molecular flexibility index (Phi) is 3.79. The number of rotatable bonds is 5. The summed E-state index contributed by atoms with van der Waals surface area (Å²) in [6.07, 6.45) is 4.43. The zero-order valence-electron chi connectivity index (χ0n) is 9.28. The number of hydrogen-bond donors (Lipinski definition) is 2. The molecule has 2 aromatic rings. The Bertz CT molecular complexity index is 458. The first kappa shape index (κ1) is 11.7. The fraction of sp³-hybridized carbons (Fsp3) is 0.364. The van der Waals surface area contributed by atoms with E-state index in [0.29, 0.717) is 24.6 Å². The summed E-state index contributed by atoms with van der Waals surface area (Å²) in [5, 5.41) is 12.6. The van der Waals surface area contributed by atoms with Crippen LogP contribution in [0.3, 0.4) is 0 Å². The Morgan fingerprint density at radius 2 is 2.35 bits per heavy atom. The van der Waals surface area contributed by atoms with Gasteiger partial charge in [0.05, 0.1) is 6.04 Å². The standard InChI is InChI=1S/C11H14N4O2/c12-9(3-5-16)11-14-10(15-17-11)6-8-2-1-4-13-7-8/h1-2,4,7,9,16H,3,5-6,12H2. The molecule has 6 nitrogen and oxygen atoms in total. The molecule has 1 unspecified atom stereocenters. The fourth-order valence-corrected chi connectivity index (χ4v) is 1.44. The zero-order chi connectivity index (χ0) is 12.1. The number of aliphatic hydroxyl groups excluding tert-OH is 1. The van der Waals surface area contributed by atoms with Crippen molar-refractivity contribution in [1.29, 1.82) is 0 Å². The third-order valence-corrected chi connectivity index (χ3v) is 2.33. The molecule has 0 radical (unpaired) electrons. The minimum Gasteiger partial charge on any atom is -0.396 e. The van der Waals surface area contributed by atoms with Gasteiger partial charge in [0.15, 0.2) is 5.82 Å². The van der Waals surface area contributed by atoms with Gasteiger partial charge < -0.3 is 15.4 Å². The Morgan fingerprint density at radius 3 is 3.06 bits per heavy atom. The lowest BCUT2D eigenvalue weighted by Crippen LogP contribution is -2.12. The molecule has 0 aliphatic heterocycles. The molecule has 17 heavy (non-hydrogen) atoms. The summed E-state index contributed by atoms with van der Waals surface area (Å²) >= 11 is 0. The number of aliphatic hydroxyl groups is 1. The molecule has 0 saturated carbocycles. The molecule has 0 aliphatic carbocycles. The lowest BCUT2D eigenvalue weighted by atomic mass is 10.2. The normalized spacial score (nSPS) is 12.6. The minimum absolute atomic E-state index is 0.00147. The van der Waals surface area contributed by atoms with Crippen LogP contribution in [0.1, 0.15) is 29.7 Å². The van der Waals surface area contributed by atoms with Gasteiger partial charge in [-0.25, -0.2) is 0 Å². The Labute approximate surface area is 98.5 Å². The van der Waals surface area contributed by atoms with Crippen LogP contribution in [0.15, 0.2) is 29.0 Å². The fourth-order valence-electron chi connectivity index (χ4n) is 1.44. The Hall–Kier alpha value is -1.79. The second kappa shape index (κ2) is 5.51. The lowest BCUT2D eigenvalue weighted by Gasteiger charge is -2.01. The molecule has 0 saturated heterocycles. The molecule has 0 aromatic carbocycles. The van der Waals surface area contributed by atoms with E-state index in [-0.39, 0.29) is 6.61 Å². The summed E-state index contributed by atoms with van der Waals surface area (Å²) in [6, 6.07) is 3.39. The summed E-state index contributed by atoms with van der Waals surface area (Å²) in [5.74, 6) is 0.930. The van der Waals surface area contributed by atoms with Gasteiger partial charge in [-0.2, -0.15) is 4.98 Å². The highest BCUT2D eigenvalue weighted by Crippen LogP contribution is 2.12. The SMILES string of the molecule is NC(CCO)c1nc(Cc2cccnc2)no1. The van der Waals surface area contributed by atoms with Gasteiger partial charge in [0, 0.05) is 25.4 Å². The van der Waals surface area contributed by atoms with Crippen molar-refractivity contribution >= 4 is 0 Å². The van der Waals surface area contributed by atoms with Crippen molar-refractivity contribution < 1.29 is 9.63 Å². The summed E-state index contributed by atoms with van der Waals surface area (Å²) < 4.78 is 5.03. The quantitative estimate of drug-likeness (QED) is 0.778. The van der Waals surface area contributed by atoms with Gasteiger partial charge in [-0.15, -0.1) is 0 Å². The van der Waals surface area contributed by atoms with Crippen LogP contribution in [-0.2, 0) is 6.42 Å². The van der Waals surface area contributed by atoms with E-state index >= 15 is 0 Å². The Balaban J connectivity index is 2.04. The molecule has 0 bridgehead atoms. The van der Waals surface area contributed by atoms with E-state index in [4.69, 9.17) is 15.4 Å². The summed E-state index contributed by atoms with van der Waals surface area (Å²) in [7, 11) is 0. The Morgan fingerprint density at radius 1 is 1.47 bits per heavy atom. The number of aromatic nitrogens is 3. The van der Waals surface area contributed by atoms with E-state index < -0.39 is 6.04 Å². The molecular formula is C11H14N4O2. The van der Waals surface area contributed by atoms with Gasteiger partial charge in [0.1, 0.15) is 0 Å². The van der Waals surface area contributed by atoms with Crippen LogP contribution >= 0.6 is 0 Å². The topological polar surface area (TPSA) is 98.1 Å². The molecule has 0 aliphatic rings. The number of pyridine rings is 1. The number of hydrogen-bond acceptors (Lipinski definition) is 6. The highest BCUT2D eigenvalue weighted by atomic mass is 16.5. The van der Waals surface area contributed by atoms with Crippen LogP contribution in [0.5, 0.6) is 0 Å². The van der Waals surface area contributed by atoms with Crippen LogP contribution in [0.25, 0.3) is 0 Å². The average Bonchev–Trinajstić information content (AvgIpc) is 2.79. The first-order chi connectivity index (χ1) is 8.29. The van der Waals surface area contributed by atoms with Crippen molar-refractivity contribution in [2.45, 2.75) is 18.9 Å². The molecule has 0 fully saturated rings. The number of nitrogens with two attached hydrogens (primary N) is 1. The van der Waals surface area contributed by atoms with E-state index in [1.807, 2.05) is 12.1 Å². The van der Waals surface area contributed by atoms with Crippen LogP contribution in [0.2, 0.25) is 0 Å². The third kappa shape index (κ3) is 3.08. The van der Waals surface area contributed by atoms with Crippen molar-refractivity contribution in [2.75, 3.05) is 6.61 Å². The molecule has 6 heteroatoms. The van der Waals surface area contributed by atoms with E-state index in [2.05, 4.69) is 15.1 Å². The van der Waals surface area contributed by atoms with Gasteiger partial charge >= 0.3 is 0 Å². The lowest BCUT2D eigenvalue weighted by molar-refractivity contribution is 0.259. The largest absolute Gasteiger partial charge is 0.396 e. The molecule has 2 aromatic heterocycles. The zero-order valence-corrected chi connectivity index (χ0v) is 9.28. The number of nitrogens with zero attached hydrogens (tertiary/aromatic N) is 3. The van der Waals surface area contributed by atoms with Crippen molar-refractivity contribution in [1.82, 2.24) is 15.1 Å². The van der Waals surface area contributed by atoms with Crippen molar-refractivity contribution in [3.8, 4) is 0 Å². The van der Waals surface area contributed by atoms with Crippen LogP contribution in [0, 0.1) is 0 Å². The van der Waals surface area contributed by atoms with Crippen LogP contribution in [0.4, 0.5) is 0 Å². The predicted molar refractivity (Wildman–Crippen MR) is 60.0 cm³/mol. The summed E-state index contributed by atoms with van der Waals surface area (Å²) in [4.78, 5) is 8.19. The van der Waals surface area contributed by atoms with Gasteiger partial charge in [-0.1, -0.05) is 11.2 Å². The highest BCUT2D eigenvalue weighted by molar-refractivity contribution is 5.13. The van der Waals surface area contributed by atoms with Crippen LogP contribution in [-0.4, -0.2) is 26.8 Å². The maximum Gasteiger partial charge on any atom is 0.243 e. The molecule has 90 valence electrons. The molecule has 3 N–H and O–H groups in total.